The zero-order valence-electron chi connectivity index (χ0n) is 10.8. The van der Waals surface area contributed by atoms with Gasteiger partial charge in [-0.2, -0.15) is 0 Å². The number of ether oxygens (including phenoxy) is 2. The van der Waals surface area contributed by atoms with Crippen molar-refractivity contribution in [3.05, 3.63) is 29.3 Å². The Hall–Kier alpha value is -1.51. The van der Waals surface area contributed by atoms with Crippen LogP contribution in [0, 0.1) is 6.92 Å². The third-order valence-corrected chi connectivity index (χ3v) is 2.47. The highest BCUT2D eigenvalue weighted by atomic mass is 16.5. The summed E-state index contributed by atoms with van der Waals surface area (Å²) in [5.74, 6) is 0.314. The molecule has 3 heteroatoms. The maximum atomic E-state index is 11.8. The van der Waals surface area contributed by atoms with Gasteiger partial charge in [-0.05, 0) is 31.9 Å². The lowest BCUT2D eigenvalue weighted by molar-refractivity contribution is 0.0520. The topological polar surface area (TPSA) is 35.5 Å². The van der Waals surface area contributed by atoms with Gasteiger partial charge in [0.1, 0.15) is 11.3 Å². The second-order valence-corrected chi connectivity index (χ2v) is 3.87. The van der Waals surface area contributed by atoms with Gasteiger partial charge < -0.3 is 9.47 Å². The van der Waals surface area contributed by atoms with Crippen molar-refractivity contribution in [1.82, 2.24) is 0 Å². The summed E-state index contributed by atoms with van der Waals surface area (Å²) in [6, 6.07) is 5.59. The lowest BCUT2D eigenvalue weighted by Crippen LogP contribution is -2.10. The molecule has 0 heterocycles. The highest BCUT2D eigenvalue weighted by Gasteiger charge is 2.16. The van der Waals surface area contributed by atoms with E-state index >= 15 is 0 Å². The van der Waals surface area contributed by atoms with Gasteiger partial charge in [-0.15, -0.1) is 0 Å². The van der Waals surface area contributed by atoms with Crippen molar-refractivity contribution < 1.29 is 14.3 Å². The number of hydrogen-bond acceptors (Lipinski definition) is 3. The summed E-state index contributed by atoms with van der Waals surface area (Å²) in [5, 5.41) is 0. The first-order chi connectivity index (χ1) is 8.20. The number of carbonyl (C=O) groups excluding carboxylic acids is 1. The van der Waals surface area contributed by atoms with Gasteiger partial charge in [0.25, 0.3) is 0 Å². The van der Waals surface area contributed by atoms with Crippen LogP contribution in [-0.4, -0.2) is 19.2 Å². The van der Waals surface area contributed by atoms with Crippen LogP contribution in [0.15, 0.2) is 18.2 Å². The van der Waals surface area contributed by atoms with Crippen LogP contribution in [0.25, 0.3) is 0 Å². The van der Waals surface area contributed by atoms with Crippen LogP contribution in [0.3, 0.4) is 0 Å². The third-order valence-electron chi connectivity index (χ3n) is 2.47. The van der Waals surface area contributed by atoms with Crippen LogP contribution in [0.1, 0.15) is 42.6 Å². The van der Waals surface area contributed by atoms with E-state index in [1.54, 1.807) is 6.92 Å². The SMILES string of the molecule is CCCCOc1cccc(C)c1C(=O)OCC. The zero-order valence-corrected chi connectivity index (χ0v) is 10.8. The Morgan fingerprint density at radius 2 is 2.06 bits per heavy atom. The van der Waals surface area contributed by atoms with Crippen LogP contribution in [0.4, 0.5) is 0 Å². The smallest absolute Gasteiger partial charge is 0.342 e. The molecule has 0 aliphatic rings. The molecule has 0 radical (unpaired) electrons. The summed E-state index contributed by atoms with van der Waals surface area (Å²) in [7, 11) is 0. The van der Waals surface area contributed by atoms with E-state index in [9.17, 15) is 4.79 Å². The van der Waals surface area contributed by atoms with Crippen molar-refractivity contribution in [3.8, 4) is 5.75 Å². The molecular formula is C14H20O3. The molecule has 0 fully saturated rings. The van der Waals surface area contributed by atoms with E-state index in [-0.39, 0.29) is 5.97 Å². The Balaban J connectivity index is 2.87. The highest BCUT2D eigenvalue weighted by molar-refractivity contribution is 5.94. The molecular weight excluding hydrogens is 216 g/mol. The number of hydrogen-bond donors (Lipinski definition) is 0. The molecule has 0 atom stereocenters. The van der Waals surface area contributed by atoms with Crippen molar-refractivity contribution in [2.45, 2.75) is 33.6 Å². The van der Waals surface area contributed by atoms with Crippen molar-refractivity contribution in [2.75, 3.05) is 13.2 Å². The minimum Gasteiger partial charge on any atom is -0.493 e. The molecule has 0 unspecified atom stereocenters. The number of rotatable bonds is 6. The maximum absolute atomic E-state index is 11.8. The first-order valence-corrected chi connectivity index (χ1v) is 6.10. The second-order valence-electron chi connectivity index (χ2n) is 3.87. The van der Waals surface area contributed by atoms with Crippen LogP contribution < -0.4 is 4.74 Å². The normalized spacial score (nSPS) is 10.1. The fourth-order valence-corrected chi connectivity index (χ4v) is 1.55. The van der Waals surface area contributed by atoms with Gasteiger partial charge in [0.05, 0.1) is 13.2 Å². The lowest BCUT2D eigenvalue weighted by atomic mass is 10.1. The number of esters is 1. The molecule has 0 saturated heterocycles. The van der Waals surface area contributed by atoms with Crippen LogP contribution in [-0.2, 0) is 4.74 Å². The minimum atomic E-state index is -0.308. The van der Waals surface area contributed by atoms with Crippen LogP contribution >= 0.6 is 0 Å². The number of unbranched alkanes of at least 4 members (excludes halogenated alkanes) is 1. The predicted octanol–water partition coefficient (Wildman–Crippen LogP) is 3.35. The quantitative estimate of drug-likeness (QED) is 0.561. The van der Waals surface area contributed by atoms with E-state index in [1.807, 2.05) is 25.1 Å². The van der Waals surface area contributed by atoms with E-state index < -0.39 is 0 Å². The van der Waals surface area contributed by atoms with Gasteiger partial charge in [-0.25, -0.2) is 4.79 Å². The molecule has 94 valence electrons. The van der Waals surface area contributed by atoms with E-state index in [2.05, 4.69) is 6.92 Å². The van der Waals surface area contributed by atoms with Gasteiger partial charge in [0, 0.05) is 0 Å². The number of aryl methyl sites for hydroxylation is 1. The van der Waals surface area contributed by atoms with E-state index in [0.29, 0.717) is 24.5 Å². The molecule has 0 amide bonds. The van der Waals surface area contributed by atoms with Gasteiger partial charge in [0.15, 0.2) is 0 Å². The molecule has 1 aromatic carbocycles. The summed E-state index contributed by atoms with van der Waals surface area (Å²) in [5.41, 5.74) is 1.43. The Labute approximate surface area is 103 Å². The molecule has 0 aromatic heterocycles. The largest absolute Gasteiger partial charge is 0.493 e. The van der Waals surface area contributed by atoms with Gasteiger partial charge in [-0.1, -0.05) is 25.5 Å². The lowest BCUT2D eigenvalue weighted by Gasteiger charge is -2.12. The average Bonchev–Trinajstić information content (AvgIpc) is 2.29. The molecule has 0 spiro atoms. The summed E-state index contributed by atoms with van der Waals surface area (Å²) in [6.45, 7) is 6.80. The van der Waals surface area contributed by atoms with Gasteiger partial charge in [0.2, 0.25) is 0 Å². The second kappa shape index (κ2) is 6.94. The standard InChI is InChI=1S/C14H20O3/c1-4-6-10-17-12-9-7-8-11(3)13(12)14(15)16-5-2/h7-9H,4-6,10H2,1-3H3. The first kappa shape index (κ1) is 13.6. The fourth-order valence-electron chi connectivity index (χ4n) is 1.55. The third kappa shape index (κ3) is 3.77. The number of carbonyl (C=O) groups is 1. The van der Waals surface area contributed by atoms with Crippen molar-refractivity contribution in [1.29, 1.82) is 0 Å². The van der Waals surface area contributed by atoms with E-state index in [1.165, 1.54) is 0 Å². The van der Waals surface area contributed by atoms with Crippen LogP contribution in [0.5, 0.6) is 5.75 Å². The zero-order chi connectivity index (χ0) is 12.7. The summed E-state index contributed by atoms with van der Waals surface area (Å²) >= 11 is 0. The maximum Gasteiger partial charge on any atom is 0.342 e. The first-order valence-electron chi connectivity index (χ1n) is 6.10. The molecule has 0 bridgehead atoms. The summed E-state index contributed by atoms with van der Waals surface area (Å²) in [6.07, 6.45) is 2.05. The fraction of sp³-hybridized carbons (Fsp3) is 0.500. The Morgan fingerprint density at radius 1 is 1.29 bits per heavy atom. The molecule has 0 saturated carbocycles. The molecule has 0 aliphatic heterocycles. The minimum absolute atomic E-state index is 0.308. The van der Waals surface area contributed by atoms with Crippen molar-refractivity contribution >= 4 is 5.97 Å². The average molecular weight is 236 g/mol. The van der Waals surface area contributed by atoms with Gasteiger partial charge in [-0.3, -0.25) is 0 Å². The molecule has 0 N–H and O–H groups in total. The highest BCUT2D eigenvalue weighted by Crippen LogP contribution is 2.23. The van der Waals surface area contributed by atoms with Crippen molar-refractivity contribution in [2.24, 2.45) is 0 Å². The van der Waals surface area contributed by atoms with Crippen LogP contribution in [0.2, 0.25) is 0 Å². The molecule has 1 rings (SSSR count). The molecule has 1 aromatic rings. The Kier molecular flexibility index (Phi) is 5.53. The predicted molar refractivity (Wildman–Crippen MR) is 67.5 cm³/mol. The molecule has 3 nitrogen and oxygen atoms in total. The number of benzene rings is 1. The van der Waals surface area contributed by atoms with E-state index in [0.717, 1.165) is 18.4 Å². The summed E-state index contributed by atoms with van der Waals surface area (Å²) in [4.78, 5) is 11.8. The van der Waals surface area contributed by atoms with E-state index in [4.69, 9.17) is 9.47 Å². The molecule has 0 aliphatic carbocycles. The Morgan fingerprint density at radius 3 is 2.71 bits per heavy atom. The molecule has 17 heavy (non-hydrogen) atoms. The monoisotopic (exact) mass is 236 g/mol. The Bertz CT molecular complexity index is 372. The van der Waals surface area contributed by atoms with Crippen molar-refractivity contribution in [3.63, 3.8) is 0 Å². The van der Waals surface area contributed by atoms with Gasteiger partial charge >= 0.3 is 5.97 Å². The summed E-state index contributed by atoms with van der Waals surface area (Å²) < 4.78 is 10.7.